The number of nitrogens with two attached hydrogens (primary N) is 1. The SMILES string of the molecule is C=C.NC(=O)O.O=C(O)O. The summed E-state index contributed by atoms with van der Waals surface area (Å²) < 4.78 is 0. The Balaban J connectivity index is -0.0000000787. The van der Waals surface area contributed by atoms with Crippen LogP contribution >= 0.6 is 0 Å². The van der Waals surface area contributed by atoms with E-state index in [4.69, 9.17) is 24.9 Å². The third-order valence-electron chi connectivity index (χ3n) is 0. The molecule has 5 N–H and O–H groups in total. The molecule has 0 bridgehead atoms. The van der Waals surface area contributed by atoms with E-state index in [9.17, 15) is 0 Å². The Kier molecular flexibility index (Phi) is 24.7. The van der Waals surface area contributed by atoms with Crippen LogP contribution in [0.5, 0.6) is 0 Å². The summed E-state index contributed by atoms with van der Waals surface area (Å²) in [5, 5.41) is 21.1. The quantitative estimate of drug-likeness (QED) is 0.378. The first-order chi connectivity index (χ1) is 4.46. The van der Waals surface area contributed by atoms with E-state index in [-0.39, 0.29) is 0 Å². The Morgan fingerprint density at radius 3 is 1.10 bits per heavy atom. The zero-order chi connectivity index (χ0) is 9.15. The van der Waals surface area contributed by atoms with Gasteiger partial charge in [-0.3, -0.25) is 0 Å². The number of carboxylic acid groups (broad SMARTS) is 3. The summed E-state index contributed by atoms with van der Waals surface area (Å²) >= 11 is 0. The maximum atomic E-state index is 8.78. The Hall–Kier alpha value is -1.72. The van der Waals surface area contributed by atoms with E-state index in [0.29, 0.717) is 0 Å². The lowest BCUT2D eigenvalue weighted by molar-refractivity contribution is 0.137. The van der Waals surface area contributed by atoms with E-state index < -0.39 is 12.2 Å². The molecule has 0 radical (unpaired) electrons. The molecule has 0 spiro atoms. The van der Waals surface area contributed by atoms with Gasteiger partial charge in [0.15, 0.2) is 0 Å². The van der Waals surface area contributed by atoms with Gasteiger partial charge < -0.3 is 21.1 Å². The normalized spacial score (nSPS) is 5.20. The molecule has 10 heavy (non-hydrogen) atoms. The van der Waals surface area contributed by atoms with Crippen molar-refractivity contribution < 1.29 is 24.9 Å². The van der Waals surface area contributed by atoms with Gasteiger partial charge in [0.1, 0.15) is 0 Å². The molecule has 0 aliphatic carbocycles. The number of hydrogen-bond acceptors (Lipinski definition) is 2. The van der Waals surface area contributed by atoms with Gasteiger partial charge in [0, 0.05) is 0 Å². The fourth-order valence-corrected chi connectivity index (χ4v) is 0. The number of amides is 1. The van der Waals surface area contributed by atoms with Crippen LogP contribution in [0, 0.1) is 0 Å². The van der Waals surface area contributed by atoms with Crippen molar-refractivity contribution in [2.45, 2.75) is 0 Å². The van der Waals surface area contributed by atoms with Crippen LogP contribution in [0.25, 0.3) is 0 Å². The highest BCUT2D eigenvalue weighted by molar-refractivity contribution is 5.61. The number of carbonyl (C=O) groups is 2. The van der Waals surface area contributed by atoms with Crippen LogP contribution < -0.4 is 5.73 Å². The number of primary amides is 1. The first kappa shape index (κ1) is 15.7. The highest BCUT2D eigenvalue weighted by atomic mass is 16.6. The summed E-state index contributed by atoms with van der Waals surface area (Å²) in [5.41, 5.74) is 4.03. The van der Waals surface area contributed by atoms with Crippen molar-refractivity contribution >= 4 is 12.2 Å². The summed E-state index contributed by atoms with van der Waals surface area (Å²) in [7, 11) is 0. The molecule has 6 nitrogen and oxygen atoms in total. The summed E-state index contributed by atoms with van der Waals surface area (Å²) in [6, 6.07) is 0. The van der Waals surface area contributed by atoms with Gasteiger partial charge >= 0.3 is 12.2 Å². The standard InChI is InChI=1S/C2H4.CH3NO2.CH2O3/c1-2;2*2-1(3)4/h1-2H2;2H2,(H,3,4);(H2,2,3,4). The molecule has 0 atom stereocenters. The van der Waals surface area contributed by atoms with Crippen molar-refractivity contribution in [1.29, 1.82) is 0 Å². The van der Waals surface area contributed by atoms with Gasteiger partial charge in [0.25, 0.3) is 0 Å². The molecule has 1 amide bonds. The van der Waals surface area contributed by atoms with E-state index in [2.05, 4.69) is 18.9 Å². The predicted molar refractivity (Wildman–Crippen MR) is 34.1 cm³/mol. The Morgan fingerprint density at radius 1 is 1.10 bits per heavy atom. The number of hydrogen-bond donors (Lipinski definition) is 4. The smallest absolute Gasteiger partial charge is 0.465 e. The first-order valence-electron chi connectivity index (χ1n) is 1.87. The fraction of sp³-hybridized carbons (Fsp3) is 0. The molecule has 0 rings (SSSR count). The van der Waals surface area contributed by atoms with Crippen molar-refractivity contribution in [2.75, 3.05) is 0 Å². The second-order valence-electron chi connectivity index (χ2n) is 0.621. The minimum Gasteiger partial charge on any atom is -0.465 e. The highest BCUT2D eigenvalue weighted by Gasteiger charge is 1.70. The zero-order valence-corrected chi connectivity index (χ0v) is 5.15. The fourth-order valence-electron chi connectivity index (χ4n) is 0. The largest absolute Gasteiger partial charge is 0.503 e. The lowest BCUT2D eigenvalue weighted by atomic mass is 11.3. The summed E-state index contributed by atoms with van der Waals surface area (Å²) in [6.07, 6.45) is -3.17. The van der Waals surface area contributed by atoms with E-state index >= 15 is 0 Å². The lowest BCUT2D eigenvalue weighted by Gasteiger charge is -1.61. The maximum Gasteiger partial charge on any atom is 0.503 e. The van der Waals surface area contributed by atoms with Crippen LogP contribution in [-0.2, 0) is 0 Å². The van der Waals surface area contributed by atoms with Crippen LogP contribution in [-0.4, -0.2) is 27.6 Å². The minimum absolute atomic E-state index is 1.33. The van der Waals surface area contributed by atoms with Gasteiger partial charge in [-0.25, -0.2) is 9.59 Å². The molecular weight excluding hydrogens is 142 g/mol. The molecule has 0 unspecified atom stereocenters. The first-order valence-corrected chi connectivity index (χ1v) is 1.87. The Bertz CT molecular complexity index is 81.8. The molecule has 0 fully saturated rings. The molecule has 0 heterocycles. The van der Waals surface area contributed by atoms with E-state index in [1.54, 1.807) is 0 Å². The Labute approximate surface area is 57.2 Å². The van der Waals surface area contributed by atoms with E-state index in [0.717, 1.165) is 0 Å². The van der Waals surface area contributed by atoms with Crippen LogP contribution in [0.3, 0.4) is 0 Å². The van der Waals surface area contributed by atoms with Crippen molar-refractivity contribution in [2.24, 2.45) is 5.73 Å². The van der Waals surface area contributed by atoms with Crippen molar-refractivity contribution in [1.82, 2.24) is 0 Å². The molecule has 0 aromatic rings. The van der Waals surface area contributed by atoms with Gasteiger partial charge in [0.2, 0.25) is 0 Å². The molecular formula is C4H9NO5. The molecule has 0 aromatic heterocycles. The highest BCUT2D eigenvalue weighted by Crippen LogP contribution is 1.42. The summed E-state index contributed by atoms with van der Waals surface area (Å²) in [5.74, 6) is 0. The molecule has 0 saturated heterocycles. The van der Waals surface area contributed by atoms with E-state index in [1.165, 1.54) is 0 Å². The summed E-state index contributed by atoms with van der Waals surface area (Å²) in [6.45, 7) is 6.00. The maximum absolute atomic E-state index is 8.78. The lowest BCUT2D eigenvalue weighted by Crippen LogP contribution is -2.03. The average molecular weight is 151 g/mol. The van der Waals surface area contributed by atoms with Crippen molar-refractivity contribution in [3.8, 4) is 0 Å². The second-order valence-corrected chi connectivity index (χ2v) is 0.621. The molecule has 0 aliphatic rings. The predicted octanol–water partition coefficient (Wildman–Crippen LogP) is 0.648. The number of rotatable bonds is 0. The van der Waals surface area contributed by atoms with Crippen LogP contribution in [0.2, 0.25) is 0 Å². The topological polar surface area (TPSA) is 121 Å². The van der Waals surface area contributed by atoms with Gasteiger partial charge in [-0.15, -0.1) is 13.2 Å². The minimum atomic E-state index is -1.83. The van der Waals surface area contributed by atoms with Gasteiger partial charge in [-0.2, -0.15) is 0 Å². The molecule has 6 heteroatoms. The van der Waals surface area contributed by atoms with Crippen LogP contribution in [0.4, 0.5) is 9.59 Å². The molecule has 0 saturated carbocycles. The van der Waals surface area contributed by atoms with Crippen LogP contribution in [0.1, 0.15) is 0 Å². The van der Waals surface area contributed by atoms with E-state index in [1.807, 2.05) is 0 Å². The van der Waals surface area contributed by atoms with Gasteiger partial charge in [-0.05, 0) is 0 Å². The van der Waals surface area contributed by atoms with Crippen molar-refractivity contribution in [3.05, 3.63) is 13.2 Å². The Morgan fingerprint density at radius 2 is 1.10 bits per heavy atom. The van der Waals surface area contributed by atoms with Gasteiger partial charge in [0.05, 0.1) is 0 Å². The molecule has 0 aliphatic heterocycles. The molecule has 0 aromatic carbocycles. The monoisotopic (exact) mass is 151 g/mol. The molecule has 60 valence electrons. The third kappa shape index (κ3) is 59.2. The third-order valence-corrected chi connectivity index (χ3v) is 0. The van der Waals surface area contributed by atoms with Crippen LogP contribution in [0.15, 0.2) is 13.2 Å². The van der Waals surface area contributed by atoms with Crippen molar-refractivity contribution in [3.63, 3.8) is 0 Å². The summed E-state index contributed by atoms with van der Waals surface area (Å²) in [4.78, 5) is 17.3. The van der Waals surface area contributed by atoms with Gasteiger partial charge in [-0.1, -0.05) is 0 Å². The average Bonchev–Trinajstić information content (AvgIpc) is 1.66. The zero-order valence-electron chi connectivity index (χ0n) is 5.15. The second kappa shape index (κ2) is 15.7.